The van der Waals surface area contributed by atoms with Crippen molar-refractivity contribution in [2.45, 2.75) is 32.4 Å². The van der Waals surface area contributed by atoms with Gasteiger partial charge in [0.2, 0.25) is 0 Å². The van der Waals surface area contributed by atoms with Crippen molar-refractivity contribution in [2.24, 2.45) is 12.8 Å². The predicted molar refractivity (Wildman–Crippen MR) is 69.1 cm³/mol. The number of hydrogen-bond acceptors (Lipinski definition) is 6. The van der Waals surface area contributed by atoms with Crippen LogP contribution < -0.4 is 5.73 Å². The maximum atomic E-state index is 6.15. The third-order valence-electron chi connectivity index (χ3n) is 2.61. The van der Waals surface area contributed by atoms with Crippen LogP contribution in [0.1, 0.15) is 26.6 Å². The summed E-state index contributed by atoms with van der Waals surface area (Å²) in [4.78, 5) is 4.31. The minimum Gasteiger partial charge on any atom is -0.376 e. The normalized spacial score (nSPS) is 14.8. The van der Waals surface area contributed by atoms with E-state index in [1.807, 2.05) is 27.8 Å². The molecule has 2 aromatic heterocycles. The van der Waals surface area contributed by atoms with Gasteiger partial charge in [-0.15, -0.1) is 0 Å². The molecule has 0 radical (unpaired) electrons. The number of ether oxygens (including phenoxy) is 1. The smallest absolute Gasteiger partial charge is 0.261 e. The summed E-state index contributed by atoms with van der Waals surface area (Å²) in [6.07, 6.45) is 3.57. The molecule has 7 nitrogen and oxygen atoms in total. The van der Waals surface area contributed by atoms with Crippen LogP contribution in [0.15, 0.2) is 16.9 Å². The minimum atomic E-state index is -0.784. The molecule has 2 rings (SSSR count). The van der Waals surface area contributed by atoms with Gasteiger partial charge in [-0.25, -0.2) is 0 Å². The Morgan fingerprint density at radius 3 is 2.84 bits per heavy atom. The Morgan fingerprint density at radius 2 is 2.26 bits per heavy atom. The zero-order chi connectivity index (χ0) is 14.0. The molecule has 0 amide bonds. The third kappa shape index (κ3) is 3.18. The van der Waals surface area contributed by atoms with Gasteiger partial charge in [0.1, 0.15) is 5.54 Å². The van der Waals surface area contributed by atoms with E-state index in [1.54, 1.807) is 17.1 Å². The molecule has 1 unspecified atom stereocenters. The molecule has 1 atom stereocenters. The molecule has 7 heteroatoms. The van der Waals surface area contributed by atoms with E-state index in [2.05, 4.69) is 15.2 Å². The molecule has 0 fully saturated rings. The van der Waals surface area contributed by atoms with Crippen molar-refractivity contribution in [2.75, 3.05) is 6.61 Å². The van der Waals surface area contributed by atoms with Gasteiger partial charge in [-0.2, -0.15) is 10.1 Å². The van der Waals surface area contributed by atoms with Crippen molar-refractivity contribution in [3.05, 3.63) is 18.2 Å². The van der Waals surface area contributed by atoms with E-state index >= 15 is 0 Å². The first-order valence-electron chi connectivity index (χ1n) is 6.12. The fourth-order valence-corrected chi connectivity index (χ4v) is 1.51. The van der Waals surface area contributed by atoms with Crippen LogP contribution in [0.3, 0.4) is 0 Å². The Bertz CT molecular complexity index is 544. The summed E-state index contributed by atoms with van der Waals surface area (Å²) < 4.78 is 12.4. The van der Waals surface area contributed by atoms with Crippen molar-refractivity contribution < 1.29 is 9.26 Å². The Morgan fingerprint density at radius 1 is 1.53 bits per heavy atom. The van der Waals surface area contributed by atoms with Crippen LogP contribution in [0.5, 0.6) is 0 Å². The Balaban J connectivity index is 2.16. The lowest BCUT2D eigenvalue weighted by Crippen LogP contribution is -2.40. The van der Waals surface area contributed by atoms with Gasteiger partial charge in [0, 0.05) is 13.2 Å². The van der Waals surface area contributed by atoms with Crippen LogP contribution in [0.25, 0.3) is 11.5 Å². The molecule has 0 bridgehead atoms. The van der Waals surface area contributed by atoms with Gasteiger partial charge in [0.05, 0.1) is 24.5 Å². The monoisotopic (exact) mass is 265 g/mol. The fourth-order valence-electron chi connectivity index (χ4n) is 1.51. The van der Waals surface area contributed by atoms with Gasteiger partial charge in [-0.3, -0.25) is 4.68 Å². The van der Waals surface area contributed by atoms with Crippen LogP contribution in [0.2, 0.25) is 0 Å². The van der Waals surface area contributed by atoms with Crippen LogP contribution in [0.4, 0.5) is 0 Å². The molecule has 2 aromatic rings. The number of nitrogens with zero attached hydrogens (tertiary/aromatic N) is 4. The zero-order valence-corrected chi connectivity index (χ0v) is 11.6. The highest BCUT2D eigenvalue weighted by atomic mass is 16.5. The molecule has 0 saturated carbocycles. The van der Waals surface area contributed by atoms with Crippen molar-refractivity contribution in [1.82, 2.24) is 19.9 Å². The Hall–Kier alpha value is -1.73. The average molecular weight is 265 g/mol. The topological polar surface area (TPSA) is 92.0 Å². The maximum absolute atomic E-state index is 6.15. The third-order valence-corrected chi connectivity index (χ3v) is 2.61. The lowest BCUT2D eigenvalue weighted by atomic mass is 10.1. The first kappa shape index (κ1) is 13.7. The molecule has 2 heterocycles. The summed E-state index contributed by atoms with van der Waals surface area (Å²) in [7, 11) is 1.82. The van der Waals surface area contributed by atoms with Gasteiger partial charge >= 0.3 is 0 Å². The summed E-state index contributed by atoms with van der Waals surface area (Å²) in [6.45, 7) is 6.05. The van der Waals surface area contributed by atoms with Crippen LogP contribution in [0, 0.1) is 0 Å². The van der Waals surface area contributed by atoms with Gasteiger partial charge in [0.15, 0.2) is 5.82 Å². The Kier molecular flexibility index (Phi) is 3.68. The van der Waals surface area contributed by atoms with Crippen LogP contribution in [-0.4, -0.2) is 32.6 Å². The molecule has 0 saturated heterocycles. The molecule has 0 aromatic carbocycles. The average Bonchev–Trinajstić information content (AvgIpc) is 2.94. The summed E-state index contributed by atoms with van der Waals surface area (Å²) in [6, 6.07) is 0. The highest BCUT2D eigenvalue weighted by Gasteiger charge is 2.28. The second-order valence-corrected chi connectivity index (χ2v) is 5.10. The summed E-state index contributed by atoms with van der Waals surface area (Å²) in [5.74, 6) is 0.830. The van der Waals surface area contributed by atoms with Crippen LogP contribution >= 0.6 is 0 Å². The molecule has 0 aliphatic rings. The minimum absolute atomic E-state index is 0.104. The molecule has 19 heavy (non-hydrogen) atoms. The lowest BCUT2D eigenvalue weighted by molar-refractivity contribution is 0.0410. The van der Waals surface area contributed by atoms with E-state index < -0.39 is 5.54 Å². The number of rotatable bonds is 5. The standard InChI is InChI=1S/C12H19N5O2/c1-8(2)18-7-12(3,13)11-15-10(19-16-11)9-5-14-17(4)6-9/h5-6,8H,7,13H2,1-4H3. The molecule has 0 aliphatic heterocycles. The lowest BCUT2D eigenvalue weighted by Gasteiger charge is -2.21. The van der Waals surface area contributed by atoms with Crippen molar-refractivity contribution in [3.8, 4) is 11.5 Å². The second-order valence-electron chi connectivity index (χ2n) is 5.10. The van der Waals surface area contributed by atoms with E-state index in [-0.39, 0.29) is 6.10 Å². The number of aromatic nitrogens is 4. The predicted octanol–water partition coefficient (Wildman–Crippen LogP) is 1.07. The van der Waals surface area contributed by atoms with Crippen LogP contribution in [-0.2, 0) is 17.3 Å². The first-order valence-corrected chi connectivity index (χ1v) is 6.12. The highest BCUT2D eigenvalue weighted by molar-refractivity contribution is 5.49. The van der Waals surface area contributed by atoms with E-state index in [0.717, 1.165) is 5.56 Å². The van der Waals surface area contributed by atoms with Crippen molar-refractivity contribution in [3.63, 3.8) is 0 Å². The van der Waals surface area contributed by atoms with E-state index in [9.17, 15) is 0 Å². The van der Waals surface area contributed by atoms with Crippen molar-refractivity contribution >= 4 is 0 Å². The fraction of sp³-hybridized carbons (Fsp3) is 0.583. The van der Waals surface area contributed by atoms with E-state index in [0.29, 0.717) is 18.3 Å². The molecular weight excluding hydrogens is 246 g/mol. The molecule has 0 spiro atoms. The number of aryl methyl sites for hydroxylation is 1. The molecular formula is C12H19N5O2. The summed E-state index contributed by atoms with van der Waals surface area (Å²) in [5.41, 5.74) is 6.13. The molecule has 0 aliphatic carbocycles. The number of nitrogens with two attached hydrogens (primary N) is 1. The quantitative estimate of drug-likeness (QED) is 0.869. The SMILES string of the molecule is CC(C)OCC(C)(N)c1noc(-c2cnn(C)c2)n1. The first-order chi connectivity index (χ1) is 8.88. The highest BCUT2D eigenvalue weighted by Crippen LogP contribution is 2.21. The zero-order valence-electron chi connectivity index (χ0n) is 11.6. The Labute approximate surface area is 111 Å². The second kappa shape index (κ2) is 5.10. The van der Waals surface area contributed by atoms with Gasteiger partial charge in [-0.1, -0.05) is 5.16 Å². The summed E-state index contributed by atoms with van der Waals surface area (Å²) >= 11 is 0. The van der Waals surface area contributed by atoms with Gasteiger partial charge in [0.25, 0.3) is 5.89 Å². The largest absolute Gasteiger partial charge is 0.376 e. The van der Waals surface area contributed by atoms with Gasteiger partial charge in [-0.05, 0) is 20.8 Å². The van der Waals surface area contributed by atoms with E-state index in [1.165, 1.54) is 0 Å². The van der Waals surface area contributed by atoms with Gasteiger partial charge < -0.3 is 15.0 Å². The van der Waals surface area contributed by atoms with Crippen molar-refractivity contribution in [1.29, 1.82) is 0 Å². The number of hydrogen-bond donors (Lipinski definition) is 1. The maximum Gasteiger partial charge on any atom is 0.261 e. The van der Waals surface area contributed by atoms with E-state index in [4.69, 9.17) is 15.0 Å². The molecule has 104 valence electrons. The summed E-state index contributed by atoms with van der Waals surface area (Å²) in [5, 5.41) is 7.98. The molecule has 2 N–H and O–H groups in total.